The Morgan fingerprint density at radius 3 is 2.94 bits per heavy atom. The van der Waals surface area contributed by atoms with Crippen LogP contribution in [0.5, 0.6) is 0 Å². The van der Waals surface area contributed by atoms with E-state index in [4.69, 9.17) is 10.5 Å². The molecule has 0 unspecified atom stereocenters. The normalized spacial score (nSPS) is 31.7. The third-order valence-electron chi connectivity index (χ3n) is 3.94. The van der Waals surface area contributed by atoms with Gasteiger partial charge in [-0.15, -0.1) is 0 Å². The van der Waals surface area contributed by atoms with Crippen LogP contribution in [0.2, 0.25) is 0 Å². The predicted molar refractivity (Wildman–Crippen MR) is 64.8 cm³/mol. The third-order valence-corrected chi connectivity index (χ3v) is 3.94. The molecule has 2 heterocycles. The number of hydrogen-bond donors (Lipinski definition) is 2. The van der Waals surface area contributed by atoms with Gasteiger partial charge < -0.3 is 15.6 Å². The van der Waals surface area contributed by atoms with Crippen LogP contribution >= 0.6 is 0 Å². The van der Waals surface area contributed by atoms with E-state index in [-0.39, 0.29) is 18.7 Å². The number of nitrogens with zero attached hydrogens (tertiary/aromatic N) is 2. The summed E-state index contributed by atoms with van der Waals surface area (Å²) in [5.41, 5.74) is 4.61. The van der Waals surface area contributed by atoms with Gasteiger partial charge in [0.1, 0.15) is 12.0 Å². The van der Waals surface area contributed by atoms with Crippen molar-refractivity contribution in [3.05, 3.63) is 22.7 Å². The molecule has 0 spiro atoms. The lowest BCUT2D eigenvalue weighted by molar-refractivity contribution is -0.112. The highest BCUT2D eigenvalue weighted by Crippen LogP contribution is 2.50. The topological polar surface area (TPSA) is 90.4 Å². The maximum atomic E-state index is 11.7. The molecule has 1 aromatic rings. The van der Waals surface area contributed by atoms with Gasteiger partial charge in [0.2, 0.25) is 0 Å². The molecule has 3 N–H and O–H groups in total. The largest absolute Gasteiger partial charge is 0.393 e. The molecule has 1 aliphatic carbocycles. The molecular weight excluding hydrogens is 234 g/mol. The Morgan fingerprint density at radius 1 is 1.56 bits per heavy atom. The quantitative estimate of drug-likeness (QED) is 0.805. The van der Waals surface area contributed by atoms with E-state index >= 15 is 0 Å². The molecule has 98 valence electrons. The molecule has 6 nitrogen and oxygen atoms in total. The van der Waals surface area contributed by atoms with Crippen molar-refractivity contribution in [1.82, 2.24) is 9.55 Å². The zero-order valence-corrected chi connectivity index (χ0v) is 10.1. The van der Waals surface area contributed by atoms with Crippen LogP contribution in [0.1, 0.15) is 31.9 Å². The zero-order chi connectivity index (χ0) is 12.8. The van der Waals surface area contributed by atoms with E-state index < -0.39 is 11.3 Å². The van der Waals surface area contributed by atoms with Gasteiger partial charge in [-0.1, -0.05) is 0 Å². The maximum absolute atomic E-state index is 11.7. The summed E-state index contributed by atoms with van der Waals surface area (Å²) >= 11 is 0. The average Bonchev–Trinajstić information content (AvgIpc) is 3.11. The van der Waals surface area contributed by atoms with Crippen molar-refractivity contribution in [2.24, 2.45) is 5.92 Å². The van der Waals surface area contributed by atoms with Crippen molar-refractivity contribution in [2.75, 3.05) is 12.3 Å². The summed E-state index contributed by atoms with van der Waals surface area (Å²) < 4.78 is 7.42. The Labute approximate surface area is 104 Å². The van der Waals surface area contributed by atoms with Gasteiger partial charge >= 0.3 is 5.69 Å². The van der Waals surface area contributed by atoms with Crippen LogP contribution in [0.25, 0.3) is 0 Å². The number of ether oxygens (including phenoxy) is 1. The second-order valence-electron chi connectivity index (χ2n) is 5.15. The lowest BCUT2D eigenvalue weighted by atomic mass is 9.95. The average molecular weight is 251 g/mol. The van der Waals surface area contributed by atoms with Gasteiger partial charge in [0.15, 0.2) is 0 Å². The van der Waals surface area contributed by atoms with Crippen molar-refractivity contribution in [1.29, 1.82) is 0 Å². The van der Waals surface area contributed by atoms with Crippen molar-refractivity contribution in [3.63, 3.8) is 0 Å². The first-order valence-corrected chi connectivity index (χ1v) is 6.28. The van der Waals surface area contributed by atoms with Crippen molar-refractivity contribution in [2.45, 2.75) is 37.5 Å². The van der Waals surface area contributed by atoms with Gasteiger partial charge in [0.25, 0.3) is 0 Å². The van der Waals surface area contributed by atoms with E-state index in [9.17, 15) is 9.90 Å². The van der Waals surface area contributed by atoms with Gasteiger partial charge in [0, 0.05) is 6.20 Å². The fraction of sp³-hybridized carbons (Fsp3) is 0.667. The molecule has 18 heavy (non-hydrogen) atoms. The van der Waals surface area contributed by atoms with Crippen LogP contribution in [0.15, 0.2) is 17.1 Å². The molecule has 0 aromatic carbocycles. The predicted octanol–water partition coefficient (Wildman–Crippen LogP) is 0.276. The van der Waals surface area contributed by atoms with Crippen LogP contribution in [0.4, 0.5) is 5.82 Å². The second-order valence-corrected chi connectivity index (χ2v) is 5.15. The summed E-state index contributed by atoms with van der Waals surface area (Å²) in [7, 11) is 0. The summed E-state index contributed by atoms with van der Waals surface area (Å²) in [6, 6.07) is 1.58. The Kier molecular flexibility index (Phi) is 2.64. The lowest BCUT2D eigenvalue weighted by Crippen LogP contribution is -2.37. The number of anilines is 1. The Balaban J connectivity index is 1.85. The molecule has 1 aliphatic heterocycles. The number of aromatic nitrogens is 2. The first-order chi connectivity index (χ1) is 8.64. The standard InChI is InChI=1S/C12H17N3O3/c13-9-4-6-15(11(17)14-9)10-3-5-12(7-16,18-10)8-1-2-8/h4,6,8,10,16H,1-3,5,7H2,(H2,13,14,17)/t10-,12+/m1/s1. The third kappa shape index (κ3) is 1.81. The van der Waals surface area contributed by atoms with Crippen LogP contribution in [-0.4, -0.2) is 26.9 Å². The molecule has 3 rings (SSSR count). The summed E-state index contributed by atoms with van der Waals surface area (Å²) in [5, 5.41) is 9.56. The van der Waals surface area contributed by atoms with E-state index in [2.05, 4.69) is 4.98 Å². The van der Waals surface area contributed by atoms with E-state index in [1.807, 2.05) is 0 Å². The van der Waals surface area contributed by atoms with Crippen LogP contribution in [-0.2, 0) is 4.74 Å². The maximum Gasteiger partial charge on any atom is 0.351 e. The van der Waals surface area contributed by atoms with Gasteiger partial charge in [-0.25, -0.2) is 4.79 Å². The number of aliphatic hydroxyl groups is 1. The van der Waals surface area contributed by atoms with E-state index in [0.717, 1.165) is 25.7 Å². The SMILES string of the molecule is Nc1ccn([C@H]2CC[C@](CO)(C3CC3)O2)c(=O)n1. The van der Waals surface area contributed by atoms with Gasteiger partial charge in [-0.2, -0.15) is 4.98 Å². The number of nitrogens with two attached hydrogens (primary N) is 1. The second kappa shape index (κ2) is 4.07. The Hall–Kier alpha value is -1.40. The van der Waals surface area contributed by atoms with Crippen molar-refractivity contribution in [3.8, 4) is 0 Å². The van der Waals surface area contributed by atoms with Gasteiger partial charge in [0.05, 0.1) is 12.2 Å². The summed E-state index contributed by atoms with van der Waals surface area (Å²) in [5.74, 6) is 0.648. The molecule has 1 saturated heterocycles. The molecule has 2 fully saturated rings. The van der Waals surface area contributed by atoms with Crippen LogP contribution < -0.4 is 11.4 Å². The molecule has 1 aromatic heterocycles. The minimum Gasteiger partial charge on any atom is -0.393 e. The molecule has 1 saturated carbocycles. The van der Waals surface area contributed by atoms with E-state index in [1.54, 1.807) is 12.3 Å². The lowest BCUT2D eigenvalue weighted by Gasteiger charge is -2.27. The highest BCUT2D eigenvalue weighted by Gasteiger charge is 2.51. The molecule has 6 heteroatoms. The van der Waals surface area contributed by atoms with Crippen LogP contribution in [0, 0.1) is 5.92 Å². The van der Waals surface area contributed by atoms with Gasteiger partial charge in [-0.05, 0) is 37.7 Å². The molecule has 0 amide bonds. The fourth-order valence-electron chi connectivity index (χ4n) is 2.75. The number of nitrogen functional groups attached to an aromatic ring is 1. The fourth-order valence-corrected chi connectivity index (χ4v) is 2.75. The highest BCUT2D eigenvalue weighted by atomic mass is 16.5. The summed E-state index contributed by atoms with van der Waals surface area (Å²) in [6.45, 7) is 0.0192. The number of aliphatic hydroxyl groups excluding tert-OH is 1. The Morgan fingerprint density at radius 2 is 2.33 bits per heavy atom. The first kappa shape index (κ1) is 11.7. The number of hydrogen-bond acceptors (Lipinski definition) is 5. The zero-order valence-electron chi connectivity index (χ0n) is 10.1. The molecular formula is C12H17N3O3. The smallest absolute Gasteiger partial charge is 0.351 e. The van der Waals surface area contributed by atoms with Crippen molar-refractivity contribution < 1.29 is 9.84 Å². The summed E-state index contributed by atoms with van der Waals surface area (Å²) in [6.07, 6.45) is 4.98. The molecule has 0 bridgehead atoms. The summed E-state index contributed by atoms with van der Waals surface area (Å²) in [4.78, 5) is 15.4. The minimum absolute atomic E-state index is 0.0192. The minimum atomic E-state index is -0.453. The van der Waals surface area contributed by atoms with E-state index in [1.165, 1.54) is 4.57 Å². The van der Waals surface area contributed by atoms with Gasteiger partial charge in [-0.3, -0.25) is 4.57 Å². The van der Waals surface area contributed by atoms with Crippen molar-refractivity contribution >= 4 is 5.82 Å². The van der Waals surface area contributed by atoms with Crippen LogP contribution in [0.3, 0.4) is 0 Å². The van der Waals surface area contributed by atoms with E-state index in [0.29, 0.717) is 5.92 Å². The molecule has 0 radical (unpaired) electrons. The highest BCUT2D eigenvalue weighted by molar-refractivity contribution is 5.23. The molecule has 2 atom stereocenters. The first-order valence-electron chi connectivity index (χ1n) is 6.28. The Bertz CT molecular complexity index is 512. The molecule has 2 aliphatic rings. The number of rotatable bonds is 3. The monoisotopic (exact) mass is 251 g/mol.